The molecule has 1 N–H and O–H groups in total. The minimum Gasteiger partial charge on any atom is -0.493 e. The summed E-state index contributed by atoms with van der Waals surface area (Å²) in [7, 11) is 3.37. The first-order valence-electron chi connectivity index (χ1n) is 13.1. The number of fused-ring (bicyclic) bond motifs is 1. The fraction of sp³-hybridized carbons (Fsp3) is 0.533. The molecule has 0 amide bonds. The third-order valence-electron chi connectivity index (χ3n) is 7.84. The summed E-state index contributed by atoms with van der Waals surface area (Å²) in [6, 6.07) is 13.3. The van der Waals surface area contributed by atoms with E-state index in [0.29, 0.717) is 11.8 Å². The number of aromatic amines is 1. The molecule has 3 aromatic rings. The minimum atomic E-state index is 0.411. The number of H-pyrrole nitrogens is 1. The third kappa shape index (κ3) is 4.98. The first-order chi connectivity index (χ1) is 16.5. The largest absolute Gasteiger partial charge is 0.493 e. The number of piperidine rings is 1. The molecule has 1 aromatic heterocycles. The molecule has 4 heteroatoms. The van der Waals surface area contributed by atoms with Crippen molar-refractivity contribution >= 4 is 10.9 Å². The number of rotatable bonds is 9. The highest BCUT2D eigenvalue weighted by Crippen LogP contribution is 2.40. The van der Waals surface area contributed by atoms with E-state index in [4.69, 9.17) is 9.47 Å². The summed E-state index contributed by atoms with van der Waals surface area (Å²) in [6.45, 7) is 12.9. The topological polar surface area (TPSA) is 37.5 Å². The molecule has 2 aromatic carbocycles. The summed E-state index contributed by atoms with van der Waals surface area (Å²) in [6.07, 6.45) is 5.10. The van der Waals surface area contributed by atoms with Crippen molar-refractivity contribution in [3.63, 3.8) is 0 Å². The summed E-state index contributed by atoms with van der Waals surface area (Å²) >= 11 is 0. The molecule has 0 spiro atoms. The van der Waals surface area contributed by atoms with Crippen LogP contribution in [-0.2, 0) is 0 Å². The van der Waals surface area contributed by atoms with Crippen molar-refractivity contribution in [2.75, 3.05) is 33.9 Å². The van der Waals surface area contributed by atoms with Gasteiger partial charge in [0.2, 0.25) is 0 Å². The SMILES string of the molecule is CCC(CC)CN1CCC(c2ccc3[nH]c(-c4ccc(OC)c(OC)c4)c(C(C)C)c3c2)CC1. The molecule has 1 aliphatic rings. The van der Waals surface area contributed by atoms with Crippen molar-refractivity contribution in [2.45, 2.75) is 65.2 Å². The van der Waals surface area contributed by atoms with Gasteiger partial charge in [-0.3, -0.25) is 0 Å². The Morgan fingerprint density at radius 2 is 1.65 bits per heavy atom. The number of hydrogen-bond acceptors (Lipinski definition) is 3. The maximum Gasteiger partial charge on any atom is 0.161 e. The number of ether oxygens (including phenoxy) is 2. The summed E-state index contributed by atoms with van der Waals surface area (Å²) in [5.41, 5.74) is 6.41. The number of nitrogens with one attached hydrogen (secondary N) is 1. The molecular formula is C30H42N2O2. The van der Waals surface area contributed by atoms with Crippen LogP contribution in [0.3, 0.4) is 0 Å². The summed E-state index contributed by atoms with van der Waals surface area (Å²) in [5.74, 6) is 3.42. The highest BCUT2D eigenvalue weighted by molar-refractivity contribution is 5.92. The molecule has 1 aliphatic heterocycles. The van der Waals surface area contributed by atoms with E-state index in [9.17, 15) is 0 Å². The summed E-state index contributed by atoms with van der Waals surface area (Å²) in [5, 5.41) is 1.36. The molecule has 1 fully saturated rings. The van der Waals surface area contributed by atoms with Crippen molar-refractivity contribution in [1.82, 2.24) is 9.88 Å². The molecule has 4 rings (SSSR count). The summed E-state index contributed by atoms with van der Waals surface area (Å²) < 4.78 is 11.0. The van der Waals surface area contributed by atoms with Crippen molar-refractivity contribution < 1.29 is 9.47 Å². The second-order valence-corrected chi connectivity index (χ2v) is 10.2. The van der Waals surface area contributed by atoms with Crippen LogP contribution < -0.4 is 9.47 Å². The predicted molar refractivity (Wildman–Crippen MR) is 143 cm³/mol. The molecule has 34 heavy (non-hydrogen) atoms. The second-order valence-electron chi connectivity index (χ2n) is 10.2. The second kappa shape index (κ2) is 10.9. The van der Waals surface area contributed by atoms with Crippen LogP contribution in [0.2, 0.25) is 0 Å². The van der Waals surface area contributed by atoms with Gasteiger partial charge in [0, 0.05) is 23.0 Å². The van der Waals surface area contributed by atoms with Crippen molar-refractivity contribution in [2.24, 2.45) is 5.92 Å². The first kappa shape index (κ1) is 24.7. The van der Waals surface area contributed by atoms with Gasteiger partial charge in [-0.25, -0.2) is 0 Å². The predicted octanol–water partition coefficient (Wildman–Crippen LogP) is 7.59. The van der Waals surface area contributed by atoms with Gasteiger partial charge in [-0.1, -0.05) is 46.6 Å². The monoisotopic (exact) mass is 462 g/mol. The average molecular weight is 463 g/mol. The molecule has 0 unspecified atom stereocenters. The molecule has 1 saturated heterocycles. The fourth-order valence-electron chi connectivity index (χ4n) is 5.66. The van der Waals surface area contributed by atoms with E-state index in [1.807, 2.05) is 6.07 Å². The number of aromatic nitrogens is 1. The molecule has 0 bridgehead atoms. The average Bonchev–Trinajstić information content (AvgIpc) is 3.26. The van der Waals surface area contributed by atoms with Crippen molar-refractivity contribution in [3.8, 4) is 22.8 Å². The molecule has 2 heterocycles. The van der Waals surface area contributed by atoms with Gasteiger partial charge >= 0.3 is 0 Å². The number of likely N-dealkylation sites (tertiary alicyclic amines) is 1. The number of hydrogen-bond donors (Lipinski definition) is 1. The Hall–Kier alpha value is -2.46. The van der Waals surface area contributed by atoms with E-state index >= 15 is 0 Å². The van der Waals surface area contributed by atoms with Crippen LogP contribution in [0.15, 0.2) is 36.4 Å². The maximum absolute atomic E-state index is 5.58. The lowest BCUT2D eigenvalue weighted by Gasteiger charge is -2.34. The Labute approximate surface area is 205 Å². The number of benzene rings is 2. The zero-order valence-electron chi connectivity index (χ0n) is 21.9. The third-order valence-corrected chi connectivity index (χ3v) is 7.84. The Morgan fingerprint density at radius 1 is 0.941 bits per heavy atom. The van der Waals surface area contributed by atoms with Crippen LogP contribution in [0.1, 0.15) is 76.3 Å². The highest BCUT2D eigenvalue weighted by Gasteiger charge is 2.24. The van der Waals surface area contributed by atoms with E-state index in [1.165, 1.54) is 73.0 Å². The van der Waals surface area contributed by atoms with E-state index in [-0.39, 0.29) is 0 Å². The molecule has 0 atom stereocenters. The van der Waals surface area contributed by atoms with E-state index in [1.54, 1.807) is 14.2 Å². The first-order valence-corrected chi connectivity index (χ1v) is 13.1. The van der Waals surface area contributed by atoms with Crippen LogP contribution in [0, 0.1) is 5.92 Å². The van der Waals surface area contributed by atoms with Crippen molar-refractivity contribution in [1.29, 1.82) is 0 Å². The fourth-order valence-corrected chi connectivity index (χ4v) is 5.66. The molecule has 0 saturated carbocycles. The van der Waals surface area contributed by atoms with Gasteiger partial charge in [0.1, 0.15) is 0 Å². The van der Waals surface area contributed by atoms with Gasteiger partial charge in [0.25, 0.3) is 0 Å². The Morgan fingerprint density at radius 3 is 2.26 bits per heavy atom. The Bertz CT molecular complexity index is 1090. The van der Waals surface area contributed by atoms with Crippen LogP contribution in [0.25, 0.3) is 22.2 Å². The van der Waals surface area contributed by atoms with Crippen LogP contribution in [-0.4, -0.2) is 43.7 Å². The van der Waals surface area contributed by atoms with E-state index in [2.05, 4.69) is 67.9 Å². The van der Waals surface area contributed by atoms with Crippen molar-refractivity contribution in [3.05, 3.63) is 47.5 Å². The zero-order chi connectivity index (χ0) is 24.2. The smallest absolute Gasteiger partial charge is 0.161 e. The van der Waals surface area contributed by atoms with E-state index < -0.39 is 0 Å². The normalized spacial score (nSPS) is 15.5. The van der Waals surface area contributed by atoms with Gasteiger partial charge < -0.3 is 19.4 Å². The zero-order valence-corrected chi connectivity index (χ0v) is 21.9. The Kier molecular flexibility index (Phi) is 7.88. The van der Waals surface area contributed by atoms with Gasteiger partial charge in [-0.05, 0) is 85.1 Å². The lowest BCUT2D eigenvalue weighted by molar-refractivity contribution is 0.178. The van der Waals surface area contributed by atoms with Gasteiger partial charge in [0.05, 0.1) is 19.9 Å². The van der Waals surface area contributed by atoms with Crippen LogP contribution in [0.5, 0.6) is 11.5 Å². The minimum absolute atomic E-state index is 0.411. The lowest BCUT2D eigenvalue weighted by atomic mass is 9.87. The molecule has 184 valence electrons. The van der Waals surface area contributed by atoms with Crippen LogP contribution >= 0.6 is 0 Å². The van der Waals surface area contributed by atoms with Gasteiger partial charge in [-0.2, -0.15) is 0 Å². The Balaban J connectivity index is 1.62. The molecule has 0 radical (unpaired) electrons. The highest BCUT2D eigenvalue weighted by atomic mass is 16.5. The van der Waals surface area contributed by atoms with E-state index in [0.717, 1.165) is 23.0 Å². The summed E-state index contributed by atoms with van der Waals surface area (Å²) in [4.78, 5) is 6.41. The van der Waals surface area contributed by atoms with Gasteiger partial charge in [-0.15, -0.1) is 0 Å². The van der Waals surface area contributed by atoms with Crippen LogP contribution in [0.4, 0.5) is 0 Å². The molecule has 4 nitrogen and oxygen atoms in total. The molecule has 0 aliphatic carbocycles. The lowest BCUT2D eigenvalue weighted by Crippen LogP contribution is -2.36. The van der Waals surface area contributed by atoms with Gasteiger partial charge in [0.15, 0.2) is 11.5 Å². The quantitative estimate of drug-likeness (QED) is 0.356. The number of methoxy groups -OCH3 is 2. The molecular weight excluding hydrogens is 420 g/mol. The maximum atomic E-state index is 5.58. The number of nitrogens with zero attached hydrogens (tertiary/aromatic N) is 1. The standard InChI is InChI=1S/C30H42N2O2/c1-7-21(8-2)19-32-15-13-22(14-16-32)23-9-11-26-25(17-23)29(20(3)4)30(31-26)24-10-12-27(33-5)28(18-24)34-6/h9-12,17-18,20-22,31H,7-8,13-16,19H2,1-6H3.